The quantitative estimate of drug-likeness (QED) is 0.192. The molecular formula is C40H56. The van der Waals surface area contributed by atoms with E-state index in [1.54, 1.807) is 0 Å². The molecule has 0 unspecified atom stereocenters. The highest BCUT2D eigenvalue weighted by molar-refractivity contribution is 5.37. The fourth-order valence-corrected chi connectivity index (χ4v) is 5.43. The Kier molecular flexibility index (Phi) is 11.9. The summed E-state index contributed by atoms with van der Waals surface area (Å²) in [6.07, 6.45) is 35.0. The minimum Gasteiger partial charge on any atom is -0.0850 e. The molecule has 0 bridgehead atoms. The zero-order valence-electron chi connectivity index (χ0n) is 29.0. The molecule has 3 atom stereocenters. The van der Waals surface area contributed by atoms with Crippen molar-refractivity contribution in [3.63, 3.8) is 0 Å². The lowest BCUT2D eigenvalue weighted by Crippen LogP contribution is -2.26. The third-order valence-electron chi connectivity index (χ3n) is 7.98. The average Bonchev–Trinajstić information content (AvgIpc) is 2.84. The van der Waals surface area contributed by atoms with Crippen molar-refractivity contribution < 1.29 is 2.74 Å². The predicted molar refractivity (Wildman–Crippen MR) is 181 cm³/mol. The van der Waals surface area contributed by atoms with Crippen molar-refractivity contribution in [2.75, 3.05) is 0 Å². The molecule has 0 amide bonds. The SMILES string of the molecule is [2H][C@@H]1CC(C)=C(/C=C/C(C)=C/C=C/C(C)=C/C=C/C=C(C)/C=C/C=C(C)/C=C/[C@H]2C(C)=C[C@H]([2H])CC2(C)C)C(C)(C)C1. The molecule has 40 heavy (non-hydrogen) atoms. The maximum absolute atomic E-state index is 8.17. The van der Waals surface area contributed by atoms with Crippen molar-refractivity contribution >= 4 is 0 Å². The van der Waals surface area contributed by atoms with Crippen LogP contribution in [0.5, 0.6) is 0 Å². The van der Waals surface area contributed by atoms with Crippen LogP contribution in [0.4, 0.5) is 0 Å². The third-order valence-corrected chi connectivity index (χ3v) is 7.98. The van der Waals surface area contributed by atoms with Gasteiger partial charge in [0.25, 0.3) is 0 Å². The number of allylic oxidation sites excluding steroid dienone is 22. The summed E-state index contributed by atoms with van der Waals surface area (Å²) >= 11 is 0. The smallest absolute Gasteiger partial charge is 0.0310 e. The Hall–Kier alpha value is -2.86. The van der Waals surface area contributed by atoms with Crippen LogP contribution in [0.2, 0.25) is 0 Å². The molecule has 0 fully saturated rings. The molecule has 2 rings (SSSR count). The van der Waals surface area contributed by atoms with Gasteiger partial charge in [-0.25, -0.2) is 0 Å². The summed E-state index contributed by atoms with van der Waals surface area (Å²) in [4.78, 5) is 0. The van der Waals surface area contributed by atoms with E-state index in [4.69, 9.17) is 2.74 Å². The zero-order valence-corrected chi connectivity index (χ0v) is 27.0. The second-order valence-electron chi connectivity index (χ2n) is 13.0. The van der Waals surface area contributed by atoms with Crippen LogP contribution < -0.4 is 0 Å². The van der Waals surface area contributed by atoms with Crippen molar-refractivity contribution in [3.8, 4) is 0 Å². The van der Waals surface area contributed by atoms with E-state index in [1.807, 2.05) is 0 Å². The molecule has 2 aliphatic carbocycles. The van der Waals surface area contributed by atoms with Gasteiger partial charge in [-0.2, -0.15) is 0 Å². The number of rotatable bonds is 10. The molecule has 0 aromatic carbocycles. The monoisotopic (exact) mass is 538 g/mol. The molecule has 0 saturated heterocycles. The lowest BCUT2D eigenvalue weighted by molar-refractivity contribution is 0.255. The zero-order chi connectivity index (χ0) is 31.5. The fourth-order valence-electron chi connectivity index (χ4n) is 5.43. The van der Waals surface area contributed by atoms with E-state index in [-0.39, 0.29) is 23.6 Å². The van der Waals surface area contributed by atoms with Crippen LogP contribution in [0.15, 0.2) is 130 Å². The van der Waals surface area contributed by atoms with Gasteiger partial charge in [-0.15, -0.1) is 0 Å². The summed E-state index contributed by atoms with van der Waals surface area (Å²) < 4.78 is 16.3. The average molecular weight is 539 g/mol. The van der Waals surface area contributed by atoms with Crippen molar-refractivity contribution in [3.05, 3.63) is 130 Å². The maximum atomic E-state index is 8.17. The first kappa shape index (κ1) is 30.1. The molecule has 0 heteroatoms. The van der Waals surface area contributed by atoms with Gasteiger partial charge in [0.05, 0.1) is 0 Å². The first-order valence-electron chi connectivity index (χ1n) is 16.1. The molecule has 0 saturated carbocycles. The summed E-state index contributed by atoms with van der Waals surface area (Å²) in [5, 5.41) is 0. The van der Waals surface area contributed by atoms with Gasteiger partial charge >= 0.3 is 0 Å². The van der Waals surface area contributed by atoms with E-state index in [0.717, 1.165) is 19.3 Å². The summed E-state index contributed by atoms with van der Waals surface area (Å²) in [6.45, 7) is 21.9. The van der Waals surface area contributed by atoms with Crippen LogP contribution in [0.3, 0.4) is 0 Å². The highest BCUT2D eigenvalue weighted by atomic mass is 14.3. The molecule has 0 aromatic rings. The van der Waals surface area contributed by atoms with Crippen LogP contribution in [0, 0.1) is 16.7 Å². The van der Waals surface area contributed by atoms with Crippen molar-refractivity contribution in [2.45, 2.75) is 101 Å². The van der Waals surface area contributed by atoms with Gasteiger partial charge in [-0.1, -0.05) is 152 Å². The molecule has 0 heterocycles. The largest absolute Gasteiger partial charge is 0.0850 e. The van der Waals surface area contributed by atoms with Gasteiger partial charge in [0, 0.05) is 8.66 Å². The number of hydrogen-bond acceptors (Lipinski definition) is 0. The second kappa shape index (κ2) is 15.8. The maximum Gasteiger partial charge on any atom is 0.0310 e. The van der Waals surface area contributed by atoms with Crippen molar-refractivity contribution in [2.24, 2.45) is 16.7 Å². The van der Waals surface area contributed by atoms with Crippen LogP contribution in [0.25, 0.3) is 0 Å². The molecule has 0 radical (unpaired) electrons. The van der Waals surface area contributed by atoms with Gasteiger partial charge in [-0.3, -0.25) is 0 Å². The third kappa shape index (κ3) is 11.3. The van der Waals surface area contributed by atoms with E-state index in [1.165, 1.54) is 39.0 Å². The lowest BCUT2D eigenvalue weighted by atomic mass is 9.68. The Balaban J connectivity index is 1.90. The molecular weight excluding hydrogens is 480 g/mol. The van der Waals surface area contributed by atoms with Gasteiger partial charge < -0.3 is 0 Å². The van der Waals surface area contributed by atoms with Gasteiger partial charge in [-0.05, 0) is 90.0 Å². The Morgan fingerprint density at radius 2 is 1.27 bits per heavy atom. The fraction of sp³-hybridized carbons (Fsp3) is 0.450. The molecule has 0 spiro atoms. The van der Waals surface area contributed by atoms with Crippen LogP contribution in [-0.2, 0) is 0 Å². The summed E-state index contributed by atoms with van der Waals surface area (Å²) in [6, 6.07) is 0. The van der Waals surface area contributed by atoms with E-state index < -0.39 is 0 Å². The predicted octanol–water partition coefficient (Wildman–Crippen LogP) is 12.5. The highest BCUT2D eigenvalue weighted by Crippen LogP contribution is 2.42. The molecule has 216 valence electrons. The van der Waals surface area contributed by atoms with Gasteiger partial charge in [0.2, 0.25) is 0 Å². The van der Waals surface area contributed by atoms with E-state index in [9.17, 15) is 0 Å². The van der Waals surface area contributed by atoms with E-state index >= 15 is 0 Å². The Morgan fingerprint density at radius 3 is 1.82 bits per heavy atom. The first-order chi connectivity index (χ1) is 19.6. The molecule has 0 N–H and O–H groups in total. The summed E-state index contributed by atoms with van der Waals surface area (Å²) in [5.41, 5.74) is 9.09. The summed E-state index contributed by atoms with van der Waals surface area (Å²) in [5.74, 6) is 0.390. The van der Waals surface area contributed by atoms with Crippen molar-refractivity contribution in [1.29, 1.82) is 0 Å². The summed E-state index contributed by atoms with van der Waals surface area (Å²) in [7, 11) is 0. The lowest BCUT2D eigenvalue weighted by Gasteiger charge is -2.36. The number of hydrogen-bond donors (Lipinski definition) is 0. The second-order valence-corrected chi connectivity index (χ2v) is 13.0. The Bertz CT molecular complexity index is 1270. The van der Waals surface area contributed by atoms with Crippen LogP contribution >= 0.6 is 0 Å². The van der Waals surface area contributed by atoms with Crippen molar-refractivity contribution in [1.82, 2.24) is 0 Å². The van der Waals surface area contributed by atoms with Gasteiger partial charge in [0.1, 0.15) is 0 Å². The van der Waals surface area contributed by atoms with E-state index in [0.29, 0.717) is 5.92 Å². The molecule has 0 aromatic heterocycles. The molecule has 0 nitrogen and oxygen atoms in total. The first-order valence-corrected chi connectivity index (χ1v) is 14.9. The van der Waals surface area contributed by atoms with Crippen LogP contribution in [0.1, 0.15) is 104 Å². The minimum absolute atomic E-state index is 0.0246. The van der Waals surface area contributed by atoms with Crippen LogP contribution in [-0.4, -0.2) is 0 Å². The molecule has 2 aliphatic rings. The normalized spacial score (nSPS) is 27.9. The molecule has 0 aliphatic heterocycles. The highest BCUT2D eigenvalue weighted by Gasteiger charge is 2.30. The Morgan fingerprint density at radius 1 is 0.750 bits per heavy atom. The van der Waals surface area contributed by atoms with E-state index in [2.05, 4.69) is 160 Å². The standard InChI is InChI=1S/C40H56/c1-31(19-13-21-33(3)25-27-37-35(5)23-15-29-39(37,7)8)17-11-12-18-32(2)20-14-22-34(4)26-28-38-36(6)24-16-30-40(38,9)10/h11-14,17-23,25-28,37H,15-16,24,29-30H2,1-10H3/b12-11+,19-13+,20-14+,27-25+,28-26+,31-17+,32-18+,33-21+,34-22+/t37-/m0/s1/i15D,16D/t15-,16+,37-. The topological polar surface area (TPSA) is 0 Å². The van der Waals surface area contributed by atoms with Gasteiger partial charge in [0.15, 0.2) is 0 Å². The minimum atomic E-state index is -0.0794. The Labute approximate surface area is 250 Å².